The van der Waals surface area contributed by atoms with Gasteiger partial charge in [-0.1, -0.05) is 11.1 Å². The topological polar surface area (TPSA) is 60.7 Å². The number of hydrogen-bond acceptors (Lipinski definition) is 3. The zero-order chi connectivity index (χ0) is 14.6. The molecule has 0 atom stereocenters. The number of alkyl halides is 6. The van der Waals surface area contributed by atoms with Gasteiger partial charge in [0.1, 0.15) is 0 Å². The summed E-state index contributed by atoms with van der Waals surface area (Å²) in [6.45, 7) is 0. The normalized spacial score (nSPS) is 11.0. The van der Waals surface area contributed by atoms with Crippen LogP contribution >= 0.6 is 0 Å². The Bertz CT molecular complexity index is 349. The third-order valence-corrected chi connectivity index (χ3v) is 1.44. The van der Waals surface area contributed by atoms with Crippen LogP contribution in [0.4, 0.5) is 26.3 Å². The van der Waals surface area contributed by atoms with Gasteiger partial charge in [0.2, 0.25) is 0 Å². The Labute approximate surface area is 126 Å². The molecule has 1 aromatic carbocycles. The predicted octanol–water partition coefficient (Wildman–Crippen LogP) is -1.52. The molecule has 0 saturated carbocycles. The molecular weight excluding hydrogens is 292 g/mol. The molecule has 1 rings (SSSR count). The Balaban J connectivity index is 0. The van der Waals surface area contributed by atoms with Crippen LogP contribution in [0, 0.1) is 6.07 Å². The fourth-order valence-electron chi connectivity index (χ4n) is 0.799. The molecule has 3 nitrogen and oxygen atoms in total. The second-order valence-electron chi connectivity index (χ2n) is 2.85. The summed E-state index contributed by atoms with van der Waals surface area (Å²) >= 11 is 0. The first-order valence-electron chi connectivity index (χ1n) is 4.14. The van der Waals surface area contributed by atoms with Crippen LogP contribution in [0.15, 0.2) is 18.2 Å². The minimum absolute atomic E-state index is 0. The molecule has 0 aliphatic carbocycles. The largest absolute Gasteiger partial charge is 1.00 e. The van der Waals surface area contributed by atoms with E-state index in [0.717, 1.165) is 0 Å². The van der Waals surface area contributed by atoms with Gasteiger partial charge < -0.3 is 15.1 Å². The van der Waals surface area contributed by atoms with Crippen LogP contribution in [0.25, 0.3) is 0 Å². The van der Waals surface area contributed by atoms with E-state index in [-0.39, 0.29) is 35.6 Å². The van der Waals surface area contributed by atoms with Crippen molar-refractivity contribution in [1.29, 1.82) is 0 Å². The SMILES string of the molecule is FC(F)(F)c1c[c-]cc(C(F)(F)F)c1.OB(O)O.[Na+]. The van der Waals surface area contributed by atoms with Crippen molar-refractivity contribution in [3.05, 3.63) is 35.4 Å². The van der Waals surface area contributed by atoms with Crippen molar-refractivity contribution in [1.82, 2.24) is 0 Å². The molecule has 0 saturated heterocycles. The molecule has 0 heterocycles. The second-order valence-corrected chi connectivity index (χ2v) is 2.85. The Morgan fingerprint density at radius 2 is 1.11 bits per heavy atom. The number of benzene rings is 1. The van der Waals surface area contributed by atoms with Crippen LogP contribution in [0.1, 0.15) is 11.1 Å². The number of hydrogen-bond donors (Lipinski definition) is 3. The van der Waals surface area contributed by atoms with E-state index in [1.807, 2.05) is 0 Å². The van der Waals surface area contributed by atoms with E-state index < -0.39 is 30.8 Å². The van der Waals surface area contributed by atoms with E-state index in [0.29, 0.717) is 12.1 Å². The summed E-state index contributed by atoms with van der Waals surface area (Å²) in [5.74, 6) is 0. The van der Waals surface area contributed by atoms with Crippen molar-refractivity contribution < 1.29 is 71.0 Å². The van der Waals surface area contributed by atoms with Gasteiger partial charge in [-0.3, -0.25) is 0 Å². The van der Waals surface area contributed by atoms with Crippen LogP contribution < -0.4 is 29.6 Å². The van der Waals surface area contributed by atoms with Crippen molar-refractivity contribution in [2.75, 3.05) is 0 Å². The van der Waals surface area contributed by atoms with Crippen molar-refractivity contribution in [2.45, 2.75) is 12.4 Å². The summed E-state index contributed by atoms with van der Waals surface area (Å²) < 4.78 is 71.8. The number of halogens is 6. The van der Waals surface area contributed by atoms with Crippen LogP contribution in [-0.4, -0.2) is 22.4 Å². The van der Waals surface area contributed by atoms with E-state index in [1.54, 1.807) is 6.07 Å². The van der Waals surface area contributed by atoms with Gasteiger partial charge in [0, 0.05) is 0 Å². The predicted molar refractivity (Wildman–Crippen MR) is 47.7 cm³/mol. The maximum atomic E-state index is 12.0. The van der Waals surface area contributed by atoms with Gasteiger partial charge in [0.15, 0.2) is 0 Å². The van der Waals surface area contributed by atoms with Crippen molar-refractivity contribution in [2.24, 2.45) is 0 Å². The minimum Gasteiger partial charge on any atom is -0.402 e. The summed E-state index contributed by atoms with van der Waals surface area (Å²) in [4.78, 5) is 0. The Morgan fingerprint density at radius 1 is 0.842 bits per heavy atom. The van der Waals surface area contributed by atoms with Gasteiger partial charge in [0.25, 0.3) is 0 Å². The van der Waals surface area contributed by atoms with Crippen molar-refractivity contribution in [3.63, 3.8) is 0 Å². The van der Waals surface area contributed by atoms with Crippen LogP contribution in [0.5, 0.6) is 0 Å². The van der Waals surface area contributed by atoms with E-state index >= 15 is 0 Å². The molecule has 0 spiro atoms. The van der Waals surface area contributed by atoms with Gasteiger partial charge in [-0.15, -0.1) is 6.07 Å². The Kier molecular flexibility index (Phi) is 9.00. The first-order valence-corrected chi connectivity index (χ1v) is 4.14. The summed E-state index contributed by atoms with van der Waals surface area (Å²) in [6, 6.07) is 2.79. The van der Waals surface area contributed by atoms with E-state index in [2.05, 4.69) is 0 Å². The zero-order valence-electron chi connectivity index (χ0n) is 9.42. The third-order valence-electron chi connectivity index (χ3n) is 1.44. The molecule has 0 radical (unpaired) electrons. The Morgan fingerprint density at radius 3 is 1.32 bits per heavy atom. The molecule has 19 heavy (non-hydrogen) atoms. The van der Waals surface area contributed by atoms with Gasteiger partial charge in [-0.05, 0) is 0 Å². The van der Waals surface area contributed by atoms with Crippen LogP contribution in [0.3, 0.4) is 0 Å². The fraction of sp³-hybridized carbons (Fsp3) is 0.250. The van der Waals surface area contributed by atoms with E-state index in [1.165, 1.54) is 0 Å². The second kappa shape index (κ2) is 8.13. The molecule has 102 valence electrons. The van der Waals surface area contributed by atoms with E-state index in [4.69, 9.17) is 15.1 Å². The summed E-state index contributed by atoms with van der Waals surface area (Å²) in [7, 11) is -2.17. The van der Waals surface area contributed by atoms with E-state index in [9.17, 15) is 26.3 Å². The first kappa shape index (κ1) is 21.1. The molecule has 0 aromatic heterocycles. The smallest absolute Gasteiger partial charge is 0.402 e. The summed E-state index contributed by atoms with van der Waals surface area (Å²) in [5, 5.41) is 21.5. The third kappa shape index (κ3) is 9.30. The van der Waals surface area contributed by atoms with Gasteiger partial charge in [0.05, 0.1) is 0 Å². The molecular formula is C8H6BF6NaO3. The average molecular weight is 298 g/mol. The first-order chi connectivity index (χ1) is 7.94. The van der Waals surface area contributed by atoms with Crippen molar-refractivity contribution in [3.8, 4) is 0 Å². The molecule has 1 aromatic rings. The fourth-order valence-corrected chi connectivity index (χ4v) is 0.799. The molecule has 3 N–H and O–H groups in total. The monoisotopic (exact) mass is 298 g/mol. The average Bonchev–Trinajstić information content (AvgIpc) is 2.14. The zero-order valence-corrected chi connectivity index (χ0v) is 11.4. The Hall–Kier alpha value is -0.255. The molecule has 0 aliphatic rings. The number of rotatable bonds is 0. The van der Waals surface area contributed by atoms with Crippen LogP contribution in [-0.2, 0) is 12.4 Å². The molecule has 0 aliphatic heterocycles. The molecule has 11 heteroatoms. The quantitative estimate of drug-likeness (QED) is 0.310. The standard InChI is InChI=1S/C8H3F6.BH3O3.Na/c9-7(10,11)5-2-1-3-6(4-5)8(12,13)14;2-1(3)4;/h2-4H;2-4H;/q-1;;+1. The summed E-state index contributed by atoms with van der Waals surface area (Å²) in [5.41, 5.74) is -2.71. The summed E-state index contributed by atoms with van der Waals surface area (Å²) in [6.07, 6.45) is -9.56. The molecule has 0 fully saturated rings. The van der Waals surface area contributed by atoms with Crippen LogP contribution in [0.2, 0.25) is 0 Å². The molecule has 0 bridgehead atoms. The van der Waals surface area contributed by atoms with Gasteiger partial charge in [-0.25, -0.2) is 0 Å². The molecule has 0 amide bonds. The maximum absolute atomic E-state index is 12.0. The molecule has 0 unspecified atom stereocenters. The van der Waals surface area contributed by atoms with Gasteiger partial charge in [-0.2, -0.15) is 44.5 Å². The minimum atomic E-state index is -4.78. The van der Waals surface area contributed by atoms with Crippen molar-refractivity contribution >= 4 is 7.32 Å². The maximum Gasteiger partial charge on any atom is 1.00 e. The van der Waals surface area contributed by atoms with Gasteiger partial charge >= 0.3 is 49.2 Å².